The van der Waals surface area contributed by atoms with Crippen LogP contribution in [0, 0.1) is 9.49 Å². The molecule has 1 aliphatic carbocycles. The van der Waals surface area contributed by atoms with Crippen molar-refractivity contribution in [2.24, 2.45) is 5.92 Å². The lowest BCUT2D eigenvalue weighted by atomic mass is 9.95. The SMILES string of the molecule is CC1=C(C(=O)O[C@H]2CCC[C@H]2C)[C@@H](c2ccccc2I)NC(=O)N1C. The van der Waals surface area contributed by atoms with Gasteiger partial charge in [0.1, 0.15) is 6.10 Å². The maximum absolute atomic E-state index is 13.0. The van der Waals surface area contributed by atoms with Crippen LogP contribution in [0.15, 0.2) is 35.5 Å². The fourth-order valence-corrected chi connectivity index (χ4v) is 4.23. The highest BCUT2D eigenvalue weighted by molar-refractivity contribution is 14.1. The van der Waals surface area contributed by atoms with Gasteiger partial charge in [-0.1, -0.05) is 25.1 Å². The number of esters is 1. The van der Waals surface area contributed by atoms with Crippen LogP contribution in [0.2, 0.25) is 0 Å². The Kier molecular flexibility index (Phi) is 5.36. The van der Waals surface area contributed by atoms with Crippen LogP contribution in [0.25, 0.3) is 0 Å². The zero-order valence-corrected chi connectivity index (χ0v) is 16.9. The molecule has 1 fully saturated rings. The minimum atomic E-state index is -0.485. The number of allylic oxidation sites excluding steroid dienone is 1. The highest BCUT2D eigenvalue weighted by Crippen LogP contribution is 2.35. The number of halogens is 1. The molecule has 1 aromatic carbocycles. The molecule has 1 aliphatic heterocycles. The molecule has 0 radical (unpaired) electrons. The Morgan fingerprint density at radius 2 is 2.04 bits per heavy atom. The van der Waals surface area contributed by atoms with Gasteiger partial charge in [0.2, 0.25) is 0 Å². The second kappa shape index (κ2) is 7.35. The maximum atomic E-state index is 13.0. The van der Waals surface area contributed by atoms with Gasteiger partial charge in [0, 0.05) is 16.3 Å². The Morgan fingerprint density at radius 1 is 1.32 bits per heavy atom. The van der Waals surface area contributed by atoms with Gasteiger partial charge in [0.15, 0.2) is 0 Å². The molecule has 6 heteroatoms. The van der Waals surface area contributed by atoms with E-state index in [1.54, 1.807) is 14.0 Å². The molecule has 3 atom stereocenters. The van der Waals surface area contributed by atoms with E-state index in [1.807, 2.05) is 24.3 Å². The van der Waals surface area contributed by atoms with Gasteiger partial charge in [-0.15, -0.1) is 0 Å². The number of nitrogens with zero attached hydrogens (tertiary/aromatic N) is 1. The number of hydrogen-bond donors (Lipinski definition) is 1. The average Bonchev–Trinajstić information content (AvgIpc) is 2.97. The molecule has 1 aromatic rings. The number of carbonyl (C=O) groups excluding carboxylic acids is 2. The second-order valence-corrected chi connectivity index (χ2v) is 7.98. The average molecular weight is 454 g/mol. The molecular formula is C19H23IN2O3. The van der Waals surface area contributed by atoms with Crippen molar-refractivity contribution in [2.45, 2.75) is 45.3 Å². The first kappa shape index (κ1) is 18.2. The van der Waals surface area contributed by atoms with Crippen molar-refractivity contribution >= 4 is 34.6 Å². The summed E-state index contributed by atoms with van der Waals surface area (Å²) in [5.74, 6) is 0.0591. The van der Waals surface area contributed by atoms with Crippen molar-refractivity contribution in [1.82, 2.24) is 10.2 Å². The van der Waals surface area contributed by atoms with Crippen LogP contribution in [0.3, 0.4) is 0 Å². The molecule has 0 saturated heterocycles. The van der Waals surface area contributed by atoms with Gasteiger partial charge >= 0.3 is 12.0 Å². The molecule has 2 amide bonds. The van der Waals surface area contributed by atoms with E-state index in [9.17, 15) is 9.59 Å². The van der Waals surface area contributed by atoms with E-state index in [0.717, 1.165) is 28.4 Å². The third-order valence-corrected chi connectivity index (χ3v) is 6.21. The molecule has 0 bridgehead atoms. The summed E-state index contributed by atoms with van der Waals surface area (Å²) >= 11 is 2.23. The van der Waals surface area contributed by atoms with E-state index in [4.69, 9.17) is 4.74 Å². The largest absolute Gasteiger partial charge is 0.459 e. The summed E-state index contributed by atoms with van der Waals surface area (Å²) < 4.78 is 6.83. The fraction of sp³-hybridized carbons (Fsp3) is 0.474. The van der Waals surface area contributed by atoms with Gasteiger partial charge in [-0.2, -0.15) is 0 Å². The molecule has 3 rings (SSSR count). The minimum Gasteiger partial charge on any atom is -0.459 e. The molecule has 2 aliphatic rings. The molecule has 0 spiro atoms. The van der Waals surface area contributed by atoms with Crippen LogP contribution in [-0.2, 0) is 9.53 Å². The summed E-state index contributed by atoms with van der Waals surface area (Å²) in [4.78, 5) is 26.8. The Bertz CT molecular complexity index is 731. The van der Waals surface area contributed by atoms with E-state index in [1.165, 1.54) is 4.90 Å². The number of amides is 2. The molecule has 1 saturated carbocycles. The predicted octanol–water partition coefficient (Wildman–Crippen LogP) is 3.99. The van der Waals surface area contributed by atoms with Crippen molar-refractivity contribution in [3.63, 3.8) is 0 Å². The van der Waals surface area contributed by atoms with Gasteiger partial charge in [0.25, 0.3) is 0 Å². The lowest BCUT2D eigenvalue weighted by Crippen LogP contribution is -2.46. The van der Waals surface area contributed by atoms with Crippen LogP contribution < -0.4 is 5.32 Å². The van der Waals surface area contributed by atoms with Crippen LogP contribution in [0.4, 0.5) is 4.79 Å². The van der Waals surface area contributed by atoms with E-state index in [2.05, 4.69) is 34.8 Å². The number of rotatable bonds is 3. The van der Waals surface area contributed by atoms with Crippen molar-refractivity contribution in [1.29, 1.82) is 0 Å². The van der Waals surface area contributed by atoms with Gasteiger partial charge < -0.3 is 15.0 Å². The van der Waals surface area contributed by atoms with E-state index < -0.39 is 6.04 Å². The van der Waals surface area contributed by atoms with Gasteiger partial charge in [-0.05, 0) is 66.3 Å². The smallest absolute Gasteiger partial charge is 0.338 e. The van der Waals surface area contributed by atoms with E-state index in [-0.39, 0.29) is 18.1 Å². The maximum Gasteiger partial charge on any atom is 0.338 e. The molecule has 25 heavy (non-hydrogen) atoms. The molecule has 0 unspecified atom stereocenters. The standard InChI is InChI=1S/C19H23IN2O3/c1-11-7-6-10-15(11)25-18(23)16-12(2)22(3)19(24)21-17(16)13-8-4-5-9-14(13)20/h4-5,8-9,11,15,17H,6-7,10H2,1-3H3,(H,21,24)/t11-,15+,17-/m1/s1. The van der Waals surface area contributed by atoms with Crippen LogP contribution in [0.5, 0.6) is 0 Å². The van der Waals surface area contributed by atoms with Crippen LogP contribution in [0.1, 0.15) is 44.7 Å². The van der Waals surface area contributed by atoms with Crippen molar-refractivity contribution in [3.8, 4) is 0 Å². The Labute approximate surface area is 161 Å². The van der Waals surface area contributed by atoms with Crippen LogP contribution in [-0.4, -0.2) is 30.1 Å². The molecular weight excluding hydrogens is 431 g/mol. The fourth-order valence-electron chi connectivity index (χ4n) is 3.53. The summed E-state index contributed by atoms with van der Waals surface area (Å²) in [6.45, 7) is 3.93. The summed E-state index contributed by atoms with van der Waals surface area (Å²) in [5, 5.41) is 2.94. The molecule has 1 heterocycles. The van der Waals surface area contributed by atoms with E-state index >= 15 is 0 Å². The number of hydrogen-bond acceptors (Lipinski definition) is 3. The predicted molar refractivity (Wildman–Crippen MR) is 104 cm³/mol. The number of ether oxygens (including phenoxy) is 1. The van der Waals surface area contributed by atoms with Gasteiger partial charge in [0.05, 0.1) is 11.6 Å². The number of carbonyl (C=O) groups is 2. The molecule has 1 N–H and O–H groups in total. The van der Waals surface area contributed by atoms with Gasteiger partial charge in [-0.25, -0.2) is 9.59 Å². The highest BCUT2D eigenvalue weighted by atomic mass is 127. The Balaban J connectivity index is 1.97. The minimum absolute atomic E-state index is 0.0359. The summed E-state index contributed by atoms with van der Waals surface area (Å²) in [5.41, 5.74) is 2.07. The van der Waals surface area contributed by atoms with Crippen molar-refractivity contribution in [3.05, 3.63) is 44.7 Å². The summed E-state index contributed by atoms with van der Waals surface area (Å²) in [7, 11) is 1.67. The topological polar surface area (TPSA) is 58.6 Å². The first-order valence-electron chi connectivity index (χ1n) is 8.60. The first-order chi connectivity index (χ1) is 11.9. The van der Waals surface area contributed by atoms with E-state index in [0.29, 0.717) is 17.2 Å². The first-order valence-corrected chi connectivity index (χ1v) is 9.68. The summed E-state index contributed by atoms with van der Waals surface area (Å²) in [6.07, 6.45) is 3.06. The number of benzene rings is 1. The third kappa shape index (κ3) is 3.54. The number of urea groups is 1. The Morgan fingerprint density at radius 3 is 2.68 bits per heavy atom. The Hall–Kier alpha value is -1.57. The zero-order chi connectivity index (χ0) is 18.1. The molecule has 5 nitrogen and oxygen atoms in total. The van der Waals surface area contributed by atoms with Gasteiger partial charge in [-0.3, -0.25) is 0 Å². The second-order valence-electron chi connectivity index (χ2n) is 6.81. The zero-order valence-electron chi connectivity index (χ0n) is 14.7. The van der Waals surface area contributed by atoms with Crippen molar-refractivity contribution < 1.29 is 14.3 Å². The summed E-state index contributed by atoms with van der Waals surface area (Å²) in [6, 6.07) is 7.07. The monoisotopic (exact) mass is 454 g/mol. The highest BCUT2D eigenvalue weighted by Gasteiger charge is 2.37. The third-order valence-electron chi connectivity index (χ3n) is 5.23. The quantitative estimate of drug-likeness (QED) is 0.555. The number of nitrogens with one attached hydrogen (secondary N) is 1. The molecule has 134 valence electrons. The van der Waals surface area contributed by atoms with Crippen LogP contribution >= 0.6 is 22.6 Å². The lowest BCUT2D eigenvalue weighted by Gasteiger charge is -2.34. The normalized spacial score (nSPS) is 26.6. The van der Waals surface area contributed by atoms with Crippen molar-refractivity contribution in [2.75, 3.05) is 7.05 Å². The molecule has 0 aromatic heterocycles. The lowest BCUT2D eigenvalue weighted by molar-refractivity contribution is -0.146.